The van der Waals surface area contributed by atoms with Gasteiger partial charge in [-0.15, -0.1) is 0 Å². The number of H-pyrrole nitrogens is 1. The van der Waals surface area contributed by atoms with Crippen molar-refractivity contribution in [3.63, 3.8) is 0 Å². The largest absolute Gasteiger partial charge is 0.310 e. The summed E-state index contributed by atoms with van der Waals surface area (Å²) in [5, 5.41) is 0. The zero-order chi connectivity index (χ0) is 23.2. The summed E-state index contributed by atoms with van der Waals surface area (Å²) in [4.78, 5) is 29.8. The van der Waals surface area contributed by atoms with Crippen molar-refractivity contribution in [1.82, 2.24) is 9.97 Å². The van der Waals surface area contributed by atoms with Crippen LogP contribution in [0.3, 0.4) is 0 Å². The second-order valence-corrected chi connectivity index (χ2v) is 10.4. The van der Waals surface area contributed by atoms with Crippen LogP contribution >= 0.6 is 10.2 Å². The molecule has 32 heavy (non-hydrogen) atoms. The fourth-order valence-corrected chi connectivity index (χ4v) is 4.32. The number of hydrogen-bond acceptors (Lipinski definition) is 3. The topological polar surface area (TPSA) is 62.8 Å². The van der Waals surface area contributed by atoms with Gasteiger partial charge in [0.1, 0.15) is 16.4 Å². The van der Waals surface area contributed by atoms with Crippen molar-refractivity contribution in [3.05, 3.63) is 82.3 Å². The molecule has 0 unspecified atom stereocenters. The van der Waals surface area contributed by atoms with Crippen LogP contribution in [-0.4, -0.2) is 15.8 Å². The van der Waals surface area contributed by atoms with Crippen molar-refractivity contribution in [2.24, 2.45) is 5.92 Å². The van der Waals surface area contributed by atoms with Crippen LogP contribution in [0.5, 0.6) is 0 Å². The molecular formula is C22H19F5N2O2S. The molecule has 0 radical (unpaired) electrons. The Kier molecular flexibility index (Phi) is 4.85. The third-order valence-corrected chi connectivity index (χ3v) is 6.59. The Morgan fingerprint density at radius 1 is 1.00 bits per heavy atom. The van der Waals surface area contributed by atoms with Crippen LogP contribution in [0, 0.1) is 5.92 Å². The van der Waals surface area contributed by atoms with Crippen molar-refractivity contribution in [2.75, 3.05) is 0 Å². The first kappa shape index (κ1) is 22.2. The molecule has 3 aromatic rings. The Bertz CT molecular complexity index is 1220. The quantitative estimate of drug-likeness (QED) is 0.303. The molecule has 170 valence electrons. The number of aromatic nitrogens is 2. The van der Waals surface area contributed by atoms with Gasteiger partial charge < -0.3 is 4.98 Å². The number of nitrogens with one attached hydrogen (secondary N) is 1. The Morgan fingerprint density at radius 3 is 2.19 bits per heavy atom. The van der Waals surface area contributed by atoms with Gasteiger partial charge in [0.05, 0.1) is 0 Å². The molecule has 1 heterocycles. The summed E-state index contributed by atoms with van der Waals surface area (Å²) in [6, 6.07) is 12.6. The first-order valence-electron chi connectivity index (χ1n) is 9.84. The molecule has 1 N–H and O–H groups in total. The highest BCUT2D eigenvalue weighted by atomic mass is 32.5. The molecule has 0 spiro atoms. The van der Waals surface area contributed by atoms with Gasteiger partial charge in [-0.3, -0.25) is 9.59 Å². The molecule has 10 heteroatoms. The average molecular weight is 470 g/mol. The van der Waals surface area contributed by atoms with Crippen LogP contribution in [0.2, 0.25) is 0 Å². The zero-order valence-corrected chi connectivity index (χ0v) is 17.4. The van der Waals surface area contributed by atoms with Crippen molar-refractivity contribution in [3.8, 4) is 11.4 Å². The SMILES string of the molecule is O=C(C[C@@H](c1ccc(S(F)(F)(F)(F)F)cc1)C1CC1)c1cc(=O)[nH]c(-c2ccccc2)n1. The minimum Gasteiger partial charge on any atom is -0.306 e. The standard InChI is InChI=1S/C22H19F5N2O2S/c23-32(24,25,26,27)17-10-8-15(9-11-17)18(14-6-7-14)12-20(30)19-13-21(31)29-22(28-19)16-4-2-1-3-5-16/h1-5,8-11,13-14,18H,6-7,12H2,(H,28,29,31)/t18-/m1/s1. The van der Waals surface area contributed by atoms with Gasteiger partial charge in [0, 0.05) is 18.1 Å². The van der Waals surface area contributed by atoms with Gasteiger partial charge in [-0.05, 0) is 42.4 Å². The minimum absolute atomic E-state index is 0.0538. The van der Waals surface area contributed by atoms with E-state index in [0.717, 1.165) is 31.0 Å². The van der Waals surface area contributed by atoms with Gasteiger partial charge in [0.15, 0.2) is 5.78 Å². The van der Waals surface area contributed by atoms with E-state index in [0.29, 0.717) is 23.3 Å². The summed E-state index contributed by atoms with van der Waals surface area (Å²) >= 11 is 0. The summed E-state index contributed by atoms with van der Waals surface area (Å²) in [6.07, 6.45) is 1.46. The number of benzene rings is 2. The van der Waals surface area contributed by atoms with E-state index in [1.165, 1.54) is 0 Å². The highest BCUT2D eigenvalue weighted by molar-refractivity contribution is 8.45. The summed E-state index contributed by atoms with van der Waals surface area (Å²) in [5.41, 5.74) is 0.427. The zero-order valence-electron chi connectivity index (χ0n) is 16.6. The lowest BCUT2D eigenvalue weighted by Gasteiger charge is -2.40. The fraction of sp³-hybridized carbons (Fsp3) is 0.227. The van der Waals surface area contributed by atoms with E-state index >= 15 is 0 Å². The molecular weight excluding hydrogens is 451 g/mol. The first-order chi connectivity index (χ1) is 14.8. The number of rotatable bonds is 7. The number of aromatic amines is 1. The molecule has 0 saturated heterocycles. The maximum absolute atomic E-state index is 13.0. The molecule has 0 bridgehead atoms. The monoisotopic (exact) mass is 470 g/mol. The molecule has 1 fully saturated rings. The predicted octanol–water partition coefficient (Wildman–Crippen LogP) is 6.86. The lowest BCUT2D eigenvalue weighted by Crippen LogP contribution is -2.16. The van der Waals surface area contributed by atoms with Crippen molar-refractivity contribution in [2.45, 2.75) is 30.1 Å². The summed E-state index contributed by atoms with van der Waals surface area (Å²) in [6.45, 7) is 0. The van der Waals surface area contributed by atoms with Crippen molar-refractivity contribution in [1.29, 1.82) is 0 Å². The van der Waals surface area contributed by atoms with Crippen LogP contribution in [0.4, 0.5) is 19.4 Å². The summed E-state index contributed by atoms with van der Waals surface area (Å²) < 4.78 is 65.0. The molecule has 1 aromatic heterocycles. The van der Waals surface area contributed by atoms with E-state index in [1.807, 2.05) is 0 Å². The normalized spacial score (nSPS) is 17.3. The van der Waals surface area contributed by atoms with E-state index in [4.69, 9.17) is 0 Å². The second kappa shape index (κ2) is 6.99. The van der Waals surface area contributed by atoms with Gasteiger partial charge in [0.25, 0.3) is 5.56 Å². The Balaban J connectivity index is 1.61. The fourth-order valence-electron chi connectivity index (χ4n) is 3.66. The third-order valence-electron chi connectivity index (χ3n) is 5.42. The number of ketones is 1. The van der Waals surface area contributed by atoms with E-state index in [2.05, 4.69) is 9.97 Å². The van der Waals surface area contributed by atoms with E-state index in [9.17, 15) is 29.0 Å². The van der Waals surface area contributed by atoms with Crippen molar-refractivity contribution < 1.29 is 24.2 Å². The number of Topliss-reactive ketones (excluding diaryl/α,β-unsaturated/α-hetero) is 1. The molecule has 0 aliphatic heterocycles. The molecule has 1 aliphatic carbocycles. The van der Waals surface area contributed by atoms with Crippen LogP contribution < -0.4 is 5.56 Å². The van der Waals surface area contributed by atoms with Gasteiger partial charge in [-0.1, -0.05) is 61.9 Å². The highest BCUT2D eigenvalue weighted by Crippen LogP contribution is 3.02. The van der Waals surface area contributed by atoms with Crippen LogP contribution in [-0.2, 0) is 0 Å². The Hall–Kier alpha value is -3.01. The van der Waals surface area contributed by atoms with Gasteiger partial charge >= 0.3 is 10.2 Å². The third kappa shape index (κ3) is 5.07. The number of carbonyl (C=O) groups excluding carboxylic acids is 1. The van der Waals surface area contributed by atoms with E-state index < -0.39 is 32.4 Å². The Labute approximate surface area is 180 Å². The molecule has 0 amide bonds. The summed E-state index contributed by atoms with van der Waals surface area (Å²) in [5.74, 6) is -0.608. The number of carbonyl (C=O) groups is 1. The van der Waals surface area contributed by atoms with Gasteiger partial charge in [0.2, 0.25) is 0 Å². The predicted molar refractivity (Wildman–Crippen MR) is 113 cm³/mol. The lowest BCUT2D eigenvalue weighted by atomic mass is 9.88. The average Bonchev–Trinajstić information content (AvgIpc) is 3.56. The van der Waals surface area contributed by atoms with Crippen LogP contribution in [0.15, 0.2) is 70.4 Å². The maximum Gasteiger partial charge on any atom is 0.310 e. The van der Waals surface area contributed by atoms with Crippen molar-refractivity contribution >= 4 is 16.0 Å². The second-order valence-electron chi connectivity index (χ2n) is 7.95. The van der Waals surface area contributed by atoms with Crippen LogP contribution in [0.1, 0.15) is 41.2 Å². The molecule has 4 rings (SSSR count). The molecule has 1 aliphatic rings. The first-order valence-corrected chi connectivity index (χ1v) is 11.8. The molecule has 1 atom stereocenters. The number of hydrogen-bond donors (Lipinski definition) is 1. The molecule has 1 saturated carbocycles. The number of halogens is 5. The number of nitrogens with zero attached hydrogens (tertiary/aromatic N) is 1. The smallest absolute Gasteiger partial charge is 0.306 e. The van der Waals surface area contributed by atoms with E-state index in [-0.39, 0.29) is 23.9 Å². The molecule has 2 aromatic carbocycles. The summed E-state index contributed by atoms with van der Waals surface area (Å²) in [7, 11) is -9.76. The molecule has 4 nitrogen and oxygen atoms in total. The van der Waals surface area contributed by atoms with Gasteiger partial charge in [-0.25, -0.2) is 4.98 Å². The lowest BCUT2D eigenvalue weighted by molar-refractivity contribution is 0.0965. The minimum atomic E-state index is -9.76. The van der Waals surface area contributed by atoms with E-state index in [1.54, 1.807) is 30.3 Å². The maximum atomic E-state index is 13.0. The highest BCUT2D eigenvalue weighted by Gasteiger charge is 2.65. The van der Waals surface area contributed by atoms with Gasteiger partial charge in [-0.2, -0.15) is 0 Å². The Morgan fingerprint density at radius 2 is 1.62 bits per heavy atom. The van der Waals surface area contributed by atoms with Crippen LogP contribution in [0.25, 0.3) is 11.4 Å².